The molecule has 88 valence electrons. The largest absolute Gasteiger partial charge is 0.314 e. The zero-order chi connectivity index (χ0) is 11.3. The number of carbonyl (C=O) groups is 1. The molecule has 0 bridgehead atoms. The summed E-state index contributed by atoms with van der Waals surface area (Å²) in [6.07, 6.45) is 0. The lowest BCUT2D eigenvalue weighted by atomic mass is 10.2. The van der Waals surface area contributed by atoms with Gasteiger partial charge in [0.2, 0.25) is 0 Å². The van der Waals surface area contributed by atoms with E-state index in [1.807, 2.05) is 20.8 Å². The first-order chi connectivity index (χ1) is 6.97. The predicted octanol–water partition coefficient (Wildman–Crippen LogP) is -0.262. The molecule has 1 aliphatic heterocycles. The van der Waals surface area contributed by atoms with E-state index in [-0.39, 0.29) is 11.5 Å². The van der Waals surface area contributed by atoms with Gasteiger partial charge < -0.3 is 5.32 Å². The summed E-state index contributed by atoms with van der Waals surface area (Å²) in [6.45, 7) is 9.86. The van der Waals surface area contributed by atoms with Gasteiger partial charge in [-0.25, -0.2) is 5.48 Å². The summed E-state index contributed by atoms with van der Waals surface area (Å²) in [5.74, 6) is -0.0770. The van der Waals surface area contributed by atoms with E-state index in [9.17, 15) is 4.79 Å². The Labute approximate surface area is 91.1 Å². The number of hydroxylamine groups is 1. The van der Waals surface area contributed by atoms with Crippen molar-refractivity contribution in [2.75, 3.05) is 32.7 Å². The molecule has 0 saturated carbocycles. The number of nitrogens with zero attached hydrogens (tertiary/aromatic N) is 1. The summed E-state index contributed by atoms with van der Waals surface area (Å²) in [6, 6.07) is 0. The fraction of sp³-hybridized carbons (Fsp3) is 0.900. The van der Waals surface area contributed by atoms with E-state index in [1.54, 1.807) is 0 Å². The van der Waals surface area contributed by atoms with Crippen LogP contribution in [0, 0.1) is 0 Å². The van der Waals surface area contributed by atoms with Crippen LogP contribution in [0.5, 0.6) is 0 Å². The highest BCUT2D eigenvalue weighted by atomic mass is 16.7. The third-order valence-electron chi connectivity index (χ3n) is 2.05. The van der Waals surface area contributed by atoms with Crippen molar-refractivity contribution in [3.05, 3.63) is 0 Å². The first-order valence-corrected chi connectivity index (χ1v) is 5.37. The molecule has 5 nitrogen and oxygen atoms in total. The molecule has 1 heterocycles. The molecule has 2 N–H and O–H groups in total. The molecule has 0 radical (unpaired) electrons. The van der Waals surface area contributed by atoms with Gasteiger partial charge >= 0.3 is 0 Å². The van der Waals surface area contributed by atoms with Gasteiger partial charge in [0.05, 0.1) is 12.1 Å². The lowest BCUT2D eigenvalue weighted by Gasteiger charge is -2.27. The first kappa shape index (κ1) is 12.4. The maximum absolute atomic E-state index is 11.5. The highest BCUT2D eigenvalue weighted by Gasteiger charge is 2.16. The van der Waals surface area contributed by atoms with Crippen molar-refractivity contribution in [3.8, 4) is 0 Å². The molecule has 0 unspecified atom stereocenters. The van der Waals surface area contributed by atoms with E-state index in [2.05, 4.69) is 15.7 Å². The number of carbonyl (C=O) groups excluding carboxylic acids is 1. The van der Waals surface area contributed by atoms with Gasteiger partial charge in [0.1, 0.15) is 0 Å². The van der Waals surface area contributed by atoms with Crippen LogP contribution < -0.4 is 10.8 Å². The molecule has 1 saturated heterocycles. The minimum absolute atomic E-state index is 0.0770. The number of amides is 1. The number of nitrogens with one attached hydrogen (secondary N) is 2. The van der Waals surface area contributed by atoms with Gasteiger partial charge in [0, 0.05) is 26.2 Å². The molecule has 0 aromatic carbocycles. The van der Waals surface area contributed by atoms with Crippen molar-refractivity contribution in [3.63, 3.8) is 0 Å². The van der Waals surface area contributed by atoms with Crippen LogP contribution in [-0.4, -0.2) is 49.1 Å². The van der Waals surface area contributed by atoms with Crippen molar-refractivity contribution in [2.45, 2.75) is 26.4 Å². The van der Waals surface area contributed by atoms with Crippen molar-refractivity contribution in [2.24, 2.45) is 0 Å². The quantitative estimate of drug-likeness (QED) is 0.637. The maximum Gasteiger partial charge on any atom is 0.257 e. The fourth-order valence-corrected chi connectivity index (χ4v) is 1.31. The van der Waals surface area contributed by atoms with Crippen LogP contribution in [0.3, 0.4) is 0 Å². The Balaban J connectivity index is 2.17. The monoisotopic (exact) mass is 215 g/mol. The SMILES string of the molecule is CC(C)(C)ONC(=O)CN1CCNCC1. The summed E-state index contributed by atoms with van der Waals surface area (Å²) in [5, 5.41) is 3.24. The lowest BCUT2D eigenvalue weighted by molar-refractivity contribution is -0.146. The normalized spacial score (nSPS) is 18.9. The Morgan fingerprint density at radius 2 is 2.00 bits per heavy atom. The average Bonchev–Trinajstić information content (AvgIpc) is 2.15. The van der Waals surface area contributed by atoms with Crippen molar-refractivity contribution in [1.29, 1.82) is 0 Å². The summed E-state index contributed by atoms with van der Waals surface area (Å²) in [5.41, 5.74) is 2.13. The number of rotatable bonds is 3. The predicted molar refractivity (Wildman–Crippen MR) is 58.3 cm³/mol. The van der Waals surface area contributed by atoms with Gasteiger partial charge in [0.15, 0.2) is 0 Å². The molecule has 0 spiro atoms. The van der Waals surface area contributed by atoms with Gasteiger partial charge in [-0.3, -0.25) is 14.5 Å². The zero-order valence-corrected chi connectivity index (χ0v) is 9.80. The fourth-order valence-electron chi connectivity index (χ4n) is 1.31. The van der Waals surface area contributed by atoms with Crippen LogP contribution in [0.2, 0.25) is 0 Å². The molecule has 0 aliphatic carbocycles. The maximum atomic E-state index is 11.5. The van der Waals surface area contributed by atoms with Crippen LogP contribution in [0.4, 0.5) is 0 Å². The van der Waals surface area contributed by atoms with Gasteiger partial charge in [0.25, 0.3) is 5.91 Å². The summed E-state index contributed by atoms with van der Waals surface area (Å²) in [4.78, 5) is 18.8. The molecule has 5 heteroatoms. The van der Waals surface area contributed by atoms with Crippen LogP contribution in [0.1, 0.15) is 20.8 Å². The molecular formula is C10H21N3O2. The molecule has 1 amide bonds. The number of hydrogen-bond donors (Lipinski definition) is 2. The van der Waals surface area contributed by atoms with Gasteiger partial charge in [-0.2, -0.15) is 0 Å². The van der Waals surface area contributed by atoms with Crippen molar-refractivity contribution in [1.82, 2.24) is 15.7 Å². The molecule has 0 aromatic heterocycles. The van der Waals surface area contributed by atoms with Gasteiger partial charge in [-0.05, 0) is 20.8 Å². The Morgan fingerprint density at radius 1 is 1.40 bits per heavy atom. The number of piperazine rings is 1. The van der Waals surface area contributed by atoms with E-state index in [0.717, 1.165) is 26.2 Å². The molecule has 0 atom stereocenters. The minimum atomic E-state index is -0.334. The molecule has 0 aromatic rings. The Bertz CT molecular complexity index is 207. The van der Waals surface area contributed by atoms with Crippen molar-refractivity contribution >= 4 is 5.91 Å². The first-order valence-electron chi connectivity index (χ1n) is 5.37. The van der Waals surface area contributed by atoms with E-state index >= 15 is 0 Å². The smallest absolute Gasteiger partial charge is 0.257 e. The second-order valence-electron chi connectivity index (χ2n) is 4.77. The highest BCUT2D eigenvalue weighted by molar-refractivity contribution is 5.76. The summed E-state index contributed by atoms with van der Waals surface area (Å²) < 4.78 is 0. The van der Waals surface area contributed by atoms with E-state index in [4.69, 9.17) is 4.84 Å². The van der Waals surface area contributed by atoms with Gasteiger partial charge in [-0.15, -0.1) is 0 Å². The highest BCUT2D eigenvalue weighted by Crippen LogP contribution is 2.03. The van der Waals surface area contributed by atoms with E-state index < -0.39 is 0 Å². The zero-order valence-electron chi connectivity index (χ0n) is 9.80. The summed E-state index contributed by atoms with van der Waals surface area (Å²) >= 11 is 0. The standard InChI is InChI=1S/C10H21N3O2/c1-10(2,3)15-12-9(14)8-13-6-4-11-5-7-13/h11H,4-8H2,1-3H3,(H,12,14). The molecule has 1 aliphatic rings. The Kier molecular flexibility index (Phi) is 4.50. The van der Waals surface area contributed by atoms with Crippen LogP contribution in [0.25, 0.3) is 0 Å². The molecule has 15 heavy (non-hydrogen) atoms. The van der Waals surface area contributed by atoms with Crippen LogP contribution >= 0.6 is 0 Å². The molecule has 1 rings (SSSR count). The van der Waals surface area contributed by atoms with E-state index in [0.29, 0.717) is 6.54 Å². The second kappa shape index (κ2) is 5.44. The minimum Gasteiger partial charge on any atom is -0.314 e. The van der Waals surface area contributed by atoms with Crippen molar-refractivity contribution < 1.29 is 9.63 Å². The Morgan fingerprint density at radius 3 is 2.53 bits per heavy atom. The molecule has 1 fully saturated rings. The van der Waals surface area contributed by atoms with E-state index in [1.165, 1.54) is 0 Å². The average molecular weight is 215 g/mol. The number of hydrogen-bond acceptors (Lipinski definition) is 4. The summed E-state index contributed by atoms with van der Waals surface area (Å²) in [7, 11) is 0. The van der Waals surface area contributed by atoms with Crippen LogP contribution in [0.15, 0.2) is 0 Å². The third kappa shape index (κ3) is 5.71. The third-order valence-corrected chi connectivity index (χ3v) is 2.05. The van der Waals surface area contributed by atoms with Gasteiger partial charge in [-0.1, -0.05) is 0 Å². The Hall–Kier alpha value is -0.650. The van der Waals surface area contributed by atoms with Crippen LogP contribution in [-0.2, 0) is 9.63 Å². The topological polar surface area (TPSA) is 53.6 Å². The molecular weight excluding hydrogens is 194 g/mol. The lowest BCUT2D eigenvalue weighted by Crippen LogP contribution is -2.48. The second-order valence-corrected chi connectivity index (χ2v) is 4.77.